The Labute approximate surface area is 160 Å². The summed E-state index contributed by atoms with van der Waals surface area (Å²) >= 11 is 1.63. The number of anilines is 1. The lowest BCUT2D eigenvalue weighted by molar-refractivity contribution is -0.138. The highest BCUT2D eigenvalue weighted by Gasteiger charge is 2.32. The Morgan fingerprint density at radius 2 is 2.00 bits per heavy atom. The molecule has 0 radical (unpaired) electrons. The lowest BCUT2D eigenvalue weighted by Crippen LogP contribution is -2.42. The SMILES string of the molecule is CC(c1cccs1)N(C)C(=O)C1CCN(c2ccc(C(F)(F)F)cn2)CC1. The number of hydrogen-bond acceptors (Lipinski definition) is 4. The van der Waals surface area contributed by atoms with Crippen LogP contribution in [-0.4, -0.2) is 35.9 Å². The van der Waals surface area contributed by atoms with Gasteiger partial charge in [-0.25, -0.2) is 4.98 Å². The van der Waals surface area contributed by atoms with Crippen molar-refractivity contribution >= 4 is 23.1 Å². The Kier molecular flexibility index (Phi) is 5.74. The Balaban J connectivity index is 1.57. The Bertz CT molecular complexity index is 754. The van der Waals surface area contributed by atoms with E-state index in [2.05, 4.69) is 4.98 Å². The summed E-state index contributed by atoms with van der Waals surface area (Å²) in [6, 6.07) is 6.49. The lowest BCUT2D eigenvalue weighted by atomic mass is 9.94. The van der Waals surface area contributed by atoms with E-state index in [1.807, 2.05) is 36.4 Å². The second-order valence-corrected chi connectivity index (χ2v) is 7.78. The van der Waals surface area contributed by atoms with Gasteiger partial charge in [0.15, 0.2) is 0 Å². The zero-order valence-electron chi connectivity index (χ0n) is 15.2. The Hall–Kier alpha value is -2.09. The van der Waals surface area contributed by atoms with Crippen LogP contribution in [0.2, 0.25) is 0 Å². The fourth-order valence-corrected chi connectivity index (χ4v) is 4.12. The number of nitrogens with zero attached hydrogens (tertiary/aromatic N) is 3. The predicted octanol–water partition coefficient (Wildman–Crippen LogP) is 4.60. The van der Waals surface area contributed by atoms with E-state index in [0.717, 1.165) is 17.1 Å². The third-order valence-corrected chi connectivity index (χ3v) is 6.17. The minimum absolute atomic E-state index is 0.0344. The van der Waals surface area contributed by atoms with E-state index >= 15 is 0 Å². The van der Waals surface area contributed by atoms with Gasteiger partial charge < -0.3 is 9.80 Å². The normalized spacial score (nSPS) is 17.0. The molecular weight excluding hydrogens is 375 g/mol. The number of carbonyl (C=O) groups is 1. The van der Waals surface area contributed by atoms with Gasteiger partial charge in [-0.15, -0.1) is 11.3 Å². The van der Waals surface area contributed by atoms with Crippen LogP contribution in [0.3, 0.4) is 0 Å². The van der Waals surface area contributed by atoms with Crippen molar-refractivity contribution in [2.75, 3.05) is 25.0 Å². The molecule has 0 aromatic carbocycles. The number of amides is 1. The van der Waals surface area contributed by atoms with Gasteiger partial charge in [0.25, 0.3) is 0 Å². The van der Waals surface area contributed by atoms with Gasteiger partial charge >= 0.3 is 6.18 Å². The summed E-state index contributed by atoms with van der Waals surface area (Å²) in [5, 5.41) is 2.00. The van der Waals surface area contributed by atoms with Crippen LogP contribution in [0.25, 0.3) is 0 Å². The van der Waals surface area contributed by atoms with Gasteiger partial charge in [-0.3, -0.25) is 4.79 Å². The van der Waals surface area contributed by atoms with E-state index < -0.39 is 11.7 Å². The summed E-state index contributed by atoms with van der Waals surface area (Å²) in [6.07, 6.45) is -2.18. The molecule has 1 fully saturated rings. The first kappa shape index (κ1) is 19.7. The van der Waals surface area contributed by atoms with Gasteiger partial charge in [-0.1, -0.05) is 6.07 Å². The molecule has 146 valence electrons. The molecule has 1 atom stereocenters. The Morgan fingerprint density at radius 3 is 2.52 bits per heavy atom. The van der Waals surface area contributed by atoms with Crippen LogP contribution in [0, 0.1) is 5.92 Å². The summed E-state index contributed by atoms with van der Waals surface area (Å²) < 4.78 is 37.9. The van der Waals surface area contributed by atoms with E-state index in [1.165, 1.54) is 6.07 Å². The zero-order chi connectivity index (χ0) is 19.6. The van der Waals surface area contributed by atoms with E-state index in [4.69, 9.17) is 0 Å². The van der Waals surface area contributed by atoms with Crippen LogP contribution in [0.1, 0.15) is 36.2 Å². The van der Waals surface area contributed by atoms with Crippen molar-refractivity contribution in [1.82, 2.24) is 9.88 Å². The molecule has 3 heterocycles. The Morgan fingerprint density at radius 1 is 1.30 bits per heavy atom. The third kappa shape index (κ3) is 4.43. The minimum Gasteiger partial charge on any atom is -0.357 e. The van der Waals surface area contributed by atoms with Gasteiger partial charge in [-0.2, -0.15) is 13.2 Å². The fourth-order valence-electron chi connectivity index (χ4n) is 3.30. The maximum absolute atomic E-state index is 12.8. The number of carbonyl (C=O) groups excluding carboxylic acids is 1. The monoisotopic (exact) mass is 397 g/mol. The van der Waals surface area contributed by atoms with Crippen LogP contribution >= 0.6 is 11.3 Å². The summed E-state index contributed by atoms with van der Waals surface area (Å²) in [4.78, 5) is 21.6. The van der Waals surface area contributed by atoms with E-state index in [1.54, 1.807) is 16.2 Å². The molecule has 2 aromatic rings. The van der Waals surface area contributed by atoms with Gasteiger partial charge in [0, 0.05) is 37.1 Å². The smallest absolute Gasteiger partial charge is 0.357 e. The van der Waals surface area contributed by atoms with Gasteiger partial charge in [0.05, 0.1) is 11.6 Å². The molecule has 4 nitrogen and oxygen atoms in total. The first-order valence-electron chi connectivity index (χ1n) is 8.85. The minimum atomic E-state index is -4.38. The molecule has 1 saturated heterocycles. The van der Waals surface area contributed by atoms with Crippen molar-refractivity contribution in [1.29, 1.82) is 0 Å². The van der Waals surface area contributed by atoms with E-state index in [0.29, 0.717) is 31.7 Å². The largest absolute Gasteiger partial charge is 0.417 e. The van der Waals surface area contributed by atoms with Crippen LogP contribution in [0.15, 0.2) is 35.8 Å². The van der Waals surface area contributed by atoms with Crippen LogP contribution in [0.5, 0.6) is 0 Å². The number of hydrogen-bond donors (Lipinski definition) is 0. The van der Waals surface area contributed by atoms with Crippen molar-refractivity contribution in [2.45, 2.75) is 32.0 Å². The van der Waals surface area contributed by atoms with Crippen molar-refractivity contribution < 1.29 is 18.0 Å². The number of halogens is 3. The van der Waals surface area contributed by atoms with Crippen molar-refractivity contribution in [2.24, 2.45) is 5.92 Å². The summed E-state index contributed by atoms with van der Waals surface area (Å²) in [7, 11) is 1.83. The van der Waals surface area contributed by atoms with E-state index in [-0.39, 0.29) is 17.9 Å². The molecule has 0 bridgehead atoms. The topological polar surface area (TPSA) is 36.4 Å². The van der Waals surface area contributed by atoms with Crippen molar-refractivity contribution in [3.63, 3.8) is 0 Å². The molecule has 1 unspecified atom stereocenters. The predicted molar refractivity (Wildman–Crippen MR) is 99.7 cm³/mol. The first-order chi connectivity index (χ1) is 12.8. The molecule has 1 aliphatic rings. The molecule has 8 heteroatoms. The van der Waals surface area contributed by atoms with Gasteiger partial charge in [-0.05, 0) is 43.3 Å². The summed E-state index contributed by atoms with van der Waals surface area (Å²) in [6.45, 7) is 3.23. The number of piperidine rings is 1. The average Bonchev–Trinajstić information content (AvgIpc) is 3.20. The molecule has 0 aliphatic carbocycles. The molecular formula is C19H22F3N3OS. The maximum atomic E-state index is 12.8. The maximum Gasteiger partial charge on any atom is 0.417 e. The number of thiophene rings is 1. The van der Waals surface area contributed by atoms with Crippen molar-refractivity contribution in [3.8, 4) is 0 Å². The molecule has 1 aliphatic heterocycles. The number of aromatic nitrogens is 1. The molecule has 1 amide bonds. The van der Waals surface area contributed by atoms with Gasteiger partial charge in [0.1, 0.15) is 5.82 Å². The van der Waals surface area contributed by atoms with E-state index in [9.17, 15) is 18.0 Å². The highest BCUT2D eigenvalue weighted by molar-refractivity contribution is 7.10. The molecule has 3 rings (SSSR count). The van der Waals surface area contributed by atoms with Gasteiger partial charge in [0.2, 0.25) is 5.91 Å². The second kappa shape index (κ2) is 7.88. The highest BCUT2D eigenvalue weighted by atomic mass is 32.1. The molecule has 0 N–H and O–H groups in total. The molecule has 2 aromatic heterocycles. The summed E-state index contributed by atoms with van der Waals surface area (Å²) in [5.41, 5.74) is -0.750. The number of alkyl halides is 3. The molecule has 27 heavy (non-hydrogen) atoms. The van der Waals surface area contributed by atoms with Crippen molar-refractivity contribution in [3.05, 3.63) is 46.3 Å². The van der Waals surface area contributed by atoms with Crippen LogP contribution in [0.4, 0.5) is 19.0 Å². The third-order valence-electron chi connectivity index (χ3n) is 5.13. The quantitative estimate of drug-likeness (QED) is 0.757. The number of pyridine rings is 1. The average molecular weight is 397 g/mol. The first-order valence-corrected chi connectivity index (χ1v) is 9.73. The molecule has 0 saturated carbocycles. The lowest BCUT2D eigenvalue weighted by Gasteiger charge is -2.35. The zero-order valence-corrected chi connectivity index (χ0v) is 16.1. The summed E-state index contributed by atoms with van der Waals surface area (Å²) in [5.74, 6) is 0.577. The highest BCUT2D eigenvalue weighted by Crippen LogP contribution is 2.31. The van der Waals surface area contributed by atoms with Crippen LogP contribution in [-0.2, 0) is 11.0 Å². The molecule has 0 spiro atoms. The van der Waals surface area contributed by atoms with Crippen LogP contribution < -0.4 is 4.90 Å². The second-order valence-electron chi connectivity index (χ2n) is 6.80. The standard InChI is InChI=1S/C19H22F3N3OS/c1-13(16-4-3-11-27-16)24(2)18(26)14-7-9-25(10-8-14)17-6-5-15(12-23-17)19(20,21)22/h3-6,11-14H,7-10H2,1-2H3. The number of rotatable bonds is 4. The fraction of sp³-hybridized carbons (Fsp3) is 0.474.